The Kier molecular flexibility index (Phi) is 6.22. The zero-order chi connectivity index (χ0) is 22.7. The van der Waals surface area contributed by atoms with Crippen LogP contribution in [0.25, 0.3) is 11.3 Å². The van der Waals surface area contributed by atoms with E-state index in [9.17, 15) is 9.59 Å². The molecular weight excluding hydrogens is 426 g/mol. The number of carbonyl (C=O) groups is 2. The van der Waals surface area contributed by atoms with E-state index in [2.05, 4.69) is 15.2 Å². The van der Waals surface area contributed by atoms with Crippen molar-refractivity contribution in [2.24, 2.45) is 5.73 Å². The first-order valence-electron chi connectivity index (χ1n) is 10.4. The van der Waals surface area contributed by atoms with Crippen LogP contribution in [0.2, 0.25) is 0 Å². The van der Waals surface area contributed by atoms with Gasteiger partial charge >= 0.3 is 0 Å². The molecule has 3 aromatic rings. The van der Waals surface area contributed by atoms with Crippen LogP contribution in [0, 0.1) is 0 Å². The summed E-state index contributed by atoms with van der Waals surface area (Å²) >= 11 is 1.34. The molecule has 1 saturated heterocycles. The van der Waals surface area contributed by atoms with Gasteiger partial charge in [0.15, 0.2) is 16.6 Å². The minimum absolute atomic E-state index is 0.0415. The molecule has 2 aromatic heterocycles. The number of carbonyl (C=O) groups excluding carboxylic acids is 2. The Labute approximate surface area is 189 Å². The van der Waals surface area contributed by atoms with E-state index in [1.54, 1.807) is 35.8 Å². The van der Waals surface area contributed by atoms with Crippen molar-refractivity contribution in [2.45, 2.75) is 32.2 Å². The Balaban J connectivity index is 1.66. The van der Waals surface area contributed by atoms with E-state index < -0.39 is 5.91 Å². The third kappa shape index (κ3) is 4.22. The first-order chi connectivity index (χ1) is 15.5. The van der Waals surface area contributed by atoms with Crippen molar-refractivity contribution in [3.05, 3.63) is 65.2 Å². The predicted molar refractivity (Wildman–Crippen MR) is 125 cm³/mol. The van der Waals surface area contributed by atoms with Crippen LogP contribution in [0.1, 0.15) is 58.9 Å². The number of imidazole rings is 1. The molecule has 10 heteroatoms. The van der Waals surface area contributed by atoms with Crippen LogP contribution in [-0.4, -0.2) is 37.9 Å². The highest BCUT2D eigenvalue weighted by molar-refractivity contribution is 7.13. The third-order valence-electron chi connectivity index (χ3n) is 5.43. The first-order valence-corrected chi connectivity index (χ1v) is 11.2. The van der Waals surface area contributed by atoms with E-state index in [1.165, 1.54) is 16.0 Å². The maximum Gasteiger partial charge on any atom is 0.269 e. The molecule has 0 spiro atoms. The Morgan fingerprint density at radius 2 is 2.03 bits per heavy atom. The number of nitrogens with zero attached hydrogens (tertiary/aromatic N) is 4. The number of allylic oxidation sites excluding steroid dienone is 1. The molecule has 0 bridgehead atoms. The lowest BCUT2D eigenvalue weighted by Crippen LogP contribution is -2.33. The number of likely N-dealkylation sites (tertiary alicyclic amines) is 1. The van der Waals surface area contributed by atoms with Crippen LogP contribution in [-0.2, 0) is 0 Å². The van der Waals surface area contributed by atoms with Crippen molar-refractivity contribution >= 4 is 28.3 Å². The number of benzene rings is 1. The smallest absolute Gasteiger partial charge is 0.269 e. The Morgan fingerprint density at radius 1 is 1.25 bits per heavy atom. The van der Waals surface area contributed by atoms with Crippen molar-refractivity contribution in [2.75, 3.05) is 17.7 Å². The van der Waals surface area contributed by atoms with Gasteiger partial charge in [0.2, 0.25) is 0 Å². The zero-order valence-corrected chi connectivity index (χ0v) is 18.5. The molecule has 166 valence electrons. The van der Waals surface area contributed by atoms with Gasteiger partial charge in [0.05, 0.1) is 6.04 Å². The summed E-state index contributed by atoms with van der Waals surface area (Å²) in [4.78, 5) is 35.7. The summed E-state index contributed by atoms with van der Waals surface area (Å²) in [5.41, 5.74) is 7.34. The van der Waals surface area contributed by atoms with Gasteiger partial charge in [-0.05, 0) is 44.5 Å². The molecule has 0 aliphatic carbocycles. The maximum atomic E-state index is 12.4. The molecule has 0 saturated carbocycles. The van der Waals surface area contributed by atoms with Gasteiger partial charge in [0.1, 0.15) is 5.69 Å². The predicted octanol–water partition coefficient (Wildman–Crippen LogP) is 3.13. The molecule has 1 aliphatic rings. The molecule has 32 heavy (non-hydrogen) atoms. The molecule has 5 N–H and O–H groups in total. The van der Waals surface area contributed by atoms with E-state index in [0.717, 1.165) is 25.8 Å². The molecule has 9 nitrogen and oxygen atoms in total. The zero-order valence-electron chi connectivity index (χ0n) is 17.7. The number of anilines is 1. The second-order valence-corrected chi connectivity index (χ2v) is 8.40. The average molecular weight is 452 g/mol. The van der Waals surface area contributed by atoms with Gasteiger partial charge in [-0.2, -0.15) is 0 Å². The second kappa shape index (κ2) is 9.23. The Morgan fingerprint density at radius 3 is 2.69 bits per heavy atom. The number of primary amides is 1. The number of nitrogens with two attached hydrogens (primary N) is 2. The van der Waals surface area contributed by atoms with Gasteiger partial charge in [0, 0.05) is 29.2 Å². The number of hydrogen-bond acceptors (Lipinski definition) is 7. The number of nitrogens with one attached hydrogen (secondary N) is 1. The number of nitrogen functional groups attached to an aromatic ring is 1. The van der Waals surface area contributed by atoms with E-state index in [4.69, 9.17) is 16.6 Å². The minimum Gasteiger partial charge on any atom is -0.368 e. The maximum absolute atomic E-state index is 12.4. The summed E-state index contributed by atoms with van der Waals surface area (Å²) in [5, 5.41) is 5.06. The topological polar surface area (TPSA) is 132 Å². The highest BCUT2D eigenvalue weighted by Crippen LogP contribution is 2.33. The summed E-state index contributed by atoms with van der Waals surface area (Å²) in [6, 6.07) is 6.77. The highest BCUT2D eigenvalue weighted by atomic mass is 32.1. The van der Waals surface area contributed by atoms with Crippen LogP contribution in [0.3, 0.4) is 0 Å². The lowest BCUT2D eigenvalue weighted by molar-refractivity contribution is 0.0990. The largest absolute Gasteiger partial charge is 0.368 e. The number of piperidine rings is 1. The standard InChI is InChI=1S/C22H25N7O2S/c1-2-11-28-12-4-3-5-16(28)20-26-17(18(19(23)30)29(20)24)14-6-8-15(9-7-14)21(31)27-22-25-10-13-32-22/h2,6-11,13,16H,3-5,12,24H2,1H3,(H2,23,30)(H,25,27,31). The number of rotatable bonds is 6. The second-order valence-electron chi connectivity index (χ2n) is 7.50. The summed E-state index contributed by atoms with van der Waals surface area (Å²) in [6.45, 7) is 2.86. The van der Waals surface area contributed by atoms with Crippen LogP contribution < -0.4 is 16.9 Å². The van der Waals surface area contributed by atoms with Gasteiger partial charge in [-0.25, -0.2) is 14.6 Å². The first kappa shape index (κ1) is 21.6. The van der Waals surface area contributed by atoms with Crippen molar-refractivity contribution in [1.29, 1.82) is 0 Å². The molecule has 2 amide bonds. The molecule has 4 rings (SSSR count). The summed E-state index contributed by atoms with van der Waals surface area (Å²) in [6.07, 6.45) is 8.65. The molecule has 1 aromatic carbocycles. The average Bonchev–Trinajstić information content (AvgIpc) is 3.42. The van der Waals surface area contributed by atoms with Crippen LogP contribution in [0.5, 0.6) is 0 Å². The Hall–Kier alpha value is -3.66. The molecule has 1 atom stereocenters. The summed E-state index contributed by atoms with van der Waals surface area (Å²) in [5.74, 6) is 5.99. The fourth-order valence-electron chi connectivity index (χ4n) is 3.96. The van der Waals surface area contributed by atoms with Crippen LogP contribution >= 0.6 is 11.3 Å². The molecule has 1 fully saturated rings. The summed E-state index contributed by atoms with van der Waals surface area (Å²) in [7, 11) is 0. The van der Waals surface area contributed by atoms with Crippen molar-refractivity contribution in [1.82, 2.24) is 19.5 Å². The van der Waals surface area contributed by atoms with Crippen molar-refractivity contribution in [3.8, 4) is 11.3 Å². The van der Waals surface area contributed by atoms with Crippen molar-refractivity contribution < 1.29 is 9.59 Å². The Bertz CT molecular complexity index is 1140. The fraction of sp³-hybridized carbons (Fsp3) is 0.273. The lowest BCUT2D eigenvalue weighted by atomic mass is 10.0. The SMILES string of the molecule is CC=CN1CCCCC1c1nc(-c2ccc(C(=O)Nc3nccs3)cc2)c(C(N)=O)n1N. The van der Waals surface area contributed by atoms with Gasteiger partial charge in [-0.15, -0.1) is 11.3 Å². The van der Waals surface area contributed by atoms with Crippen molar-refractivity contribution in [3.63, 3.8) is 0 Å². The number of hydrogen-bond donors (Lipinski definition) is 3. The van der Waals surface area contributed by atoms with Gasteiger partial charge in [-0.3, -0.25) is 14.9 Å². The number of thiazole rings is 1. The normalized spacial score (nSPS) is 16.4. The van der Waals surface area contributed by atoms with Gasteiger partial charge in [-0.1, -0.05) is 18.2 Å². The molecule has 1 aliphatic heterocycles. The minimum atomic E-state index is -0.653. The summed E-state index contributed by atoms with van der Waals surface area (Å²) < 4.78 is 1.31. The monoisotopic (exact) mass is 451 g/mol. The quantitative estimate of drug-likeness (QED) is 0.493. The highest BCUT2D eigenvalue weighted by Gasteiger charge is 2.30. The lowest BCUT2D eigenvalue weighted by Gasteiger charge is -2.34. The molecule has 1 unspecified atom stereocenters. The van der Waals surface area contributed by atoms with Gasteiger partial charge in [0.25, 0.3) is 11.8 Å². The van der Waals surface area contributed by atoms with E-state index in [0.29, 0.717) is 27.8 Å². The van der Waals surface area contributed by atoms with E-state index >= 15 is 0 Å². The van der Waals surface area contributed by atoms with Crippen LogP contribution in [0.4, 0.5) is 5.13 Å². The molecule has 3 heterocycles. The fourth-order valence-corrected chi connectivity index (χ4v) is 4.48. The van der Waals surface area contributed by atoms with Crippen LogP contribution in [0.15, 0.2) is 48.1 Å². The molecule has 0 radical (unpaired) electrons. The van der Waals surface area contributed by atoms with E-state index in [-0.39, 0.29) is 17.6 Å². The number of aromatic nitrogens is 3. The van der Waals surface area contributed by atoms with E-state index in [1.807, 2.05) is 19.2 Å². The number of amides is 2. The van der Waals surface area contributed by atoms with Gasteiger partial charge < -0.3 is 16.5 Å². The molecular formula is C22H25N7O2S. The third-order valence-corrected chi connectivity index (χ3v) is 6.12.